The highest BCUT2D eigenvalue weighted by Crippen LogP contribution is 2.25. The largest absolute Gasteiger partial charge is 0.349 e. The number of hydrogen-bond acceptors (Lipinski definition) is 5. The maximum Gasteiger partial charge on any atom is 0.241 e. The number of carbonyl (C=O) groups is 1. The van der Waals surface area contributed by atoms with Gasteiger partial charge in [-0.05, 0) is 70.3 Å². The number of likely N-dealkylation sites (tertiary alicyclic amines) is 1. The van der Waals surface area contributed by atoms with E-state index < -0.39 is 0 Å². The van der Waals surface area contributed by atoms with E-state index in [4.69, 9.17) is 4.52 Å². The minimum absolute atomic E-state index is 0.0478. The van der Waals surface area contributed by atoms with Gasteiger partial charge in [-0.2, -0.15) is 4.98 Å². The van der Waals surface area contributed by atoms with Gasteiger partial charge in [0, 0.05) is 11.5 Å². The van der Waals surface area contributed by atoms with Crippen molar-refractivity contribution < 1.29 is 9.32 Å². The van der Waals surface area contributed by atoms with Crippen molar-refractivity contribution in [1.82, 2.24) is 20.4 Å². The summed E-state index contributed by atoms with van der Waals surface area (Å²) in [5.41, 5.74) is 5.84. The van der Waals surface area contributed by atoms with Crippen LogP contribution in [0.5, 0.6) is 0 Å². The van der Waals surface area contributed by atoms with E-state index in [2.05, 4.69) is 78.4 Å². The predicted octanol–water partition coefficient (Wildman–Crippen LogP) is 5.14. The quantitative estimate of drug-likeness (QED) is 0.544. The van der Waals surface area contributed by atoms with Crippen LogP contribution < -0.4 is 5.32 Å². The van der Waals surface area contributed by atoms with Gasteiger partial charge in [-0.15, -0.1) is 0 Å². The third kappa shape index (κ3) is 5.69. The van der Waals surface area contributed by atoms with E-state index in [1.807, 2.05) is 12.1 Å². The van der Waals surface area contributed by atoms with Crippen molar-refractivity contribution in [1.29, 1.82) is 0 Å². The molecule has 1 unspecified atom stereocenters. The van der Waals surface area contributed by atoms with Crippen molar-refractivity contribution >= 4 is 5.91 Å². The van der Waals surface area contributed by atoms with Crippen molar-refractivity contribution in [3.8, 4) is 11.4 Å². The lowest BCUT2D eigenvalue weighted by Crippen LogP contribution is -2.41. The van der Waals surface area contributed by atoms with Gasteiger partial charge < -0.3 is 9.84 Å². The van der Waals surface area contributed by atoms with Gasteiger partial charge in [0.05, 0.1) is 12.6 Å². The number of nitrogens with one attached hydrogen (secondary N) is 1. The van der Waals surface area contributed by atoms with Gasteiger partial charge in [-0.1, -0.05) is 59.6 Å². The topological polar surface area (TPSA) is 71.3 Å². The molecule has 0 aliphatic carbocycles. The number of aromatic nitrogens is 2. The molecule has 1 aromatic heterocycles. The SMILES string of the molecule is CCC(NC(=O)C1CCN(Cc2nc(-c3cccc(C)c3)no2)CC1)c1ccc(C)cc1C. The fourth-order valence-corrected chi connectivity index (χ4v) is 4.67. The molecule has 6 nitrogen and oxygen atoms in total. The van der Waals surface area contributed by atoms with E-state index in [1.165, 1.54) is 22.3 Å². The molecule has 1 aliphatic rings. The Morgan fingerprint density at radius 2 is 1.88 bits per heavy atom. The molecule has 1 N–H and O–H groups in total. The fraction of sp³-hybridized carbons (Fsp3) is 0.444. The highest BCUT2D eigenvalue weighted by molar-refractivity contribution is 5.79. The summed E-state index contributed by atoms with van der Waals surface area (Å²) < 4.78 is 5.49. The van der Waals surface area contributed by atoms with E-state index in [9.17, 15) is 4.79 Å². The Bertz CT molecular complexity index is 1100. The molecule has 1 atom stereocenters. The molecule has 0 bridgehead atoms. The Morgan fingerprint density at radius 1 is 1.12 bits per heavy atom. The number of rotatable bonds is 7. The molecule has 1 saturated heterocycles. The Kier molecular flexibility index (Phi) is 7.23. The number of aryl methyl sites for hydroxylation is 3. The van der Waals surface area contributed by atoms with E-state index in [-0.39, 0.29) is 17.9 Å². The van der Waals surface area contributed by atoms with Crippen LogP contribution >= 0.6 is 0 Å². The zero-order valence-corrected chi connectivity index (χ0v) is 20.1. The first-order valence-electron chi connectivity index (χ1n) is 11.9. The molecule has 0 radical (unpaired) electrons. The Labute approximate surface area is 196 Å². The first kappa shape index (κ1) is 23.2. The second-order valence-corrected chi connectivity index (χ2v) is 9.26. The van der Waals surface area contributed by atoms with Crippen LogP contribution in [0.2, 0.25) is 0 Å². The van der Waals surface area contributed by atoms with Gasteiger partial charge >= 0.3 is 0 Å². The minimum Gasteiger partial charge on any atom is -0.349 e. The number of benzene rings is 2. The van der Waals surface area contributed by atoms with E-state index in [0.717, 1.165) is 37.9 Å². The fourth-order valence-electron chi connectivity index (χ4n) is 4.67. The Hall–Kier alpha value is -2.99. The molecule has 33 heavy (non-hydrogen) atoms. The monoisotopic (exact) mass is 446 g/mol. The van der Waals surface area contributed by atoms with Crippen LogP contribution in [0.4, 0.5) is 0 Å². The summed E-state index contributed by atoms with van der Waals surface area (Å²) in [5.74, 6) is 1.46. The molecule has 1 fully saturated rings. The summed E-state index contributed by atoms with van der Waals surface area (Å²) >= 11 is 0. The molecular formula is C27H34N4O2. The molecular weight excluding hydrogens is 412 g/mol. The van der Waals surface area contributed by atoms with Crippen LogP contribution in [0.25, 0.3) is 11.4 Å². The number of hydrogen-bond donors (Lipinski definition) is 1. The normalized spacial score (nSPS) is 16.0. The highest BCUT2D eigenvalue weighted by atomic mass is 16.5. The number of amides is 1. The summed E-state index contributed by atoms with van der Waals surface area (Å²) in [4.78, 5) is 19.9. The standard InChI is InChI=1S/C27H34N4O2/c1-5-24(23-10-9-19(3)15-20(23)4)28-27(32)21-11-13-31(14-12-21)17-25-29-26(30-33-25)22-8-6-7-18(2)16-22/h6-10,15-16,21,24H,5,11-14,17H2,1-4H3,(H,28,32). The molecule has 4 rings (SSSR count). The van der Waals surface area contributed by atoms with Gasteiger partial charge in [-0.25, -0.2) is 0 Å². The van der Waals surface area contributed by atoms with E-state index >= 15 is 0 Å². The van der Waals surface area contributed by atoms with E-state index in [1.54, 1.807) is 0 Å². The summed E-state index contributed by atoms with van der Waals surface area (Å²) in [6.45, 7) is 10.7. The van der Waals surface area contributed by atoms with Crippen molar-refractivity contribution in [3.63, 3.8) is 0 Å². The summed E-state index contributed by atoms with van der Waals surface area (Å²) in [6.07, 6.45) is 2.57. The number of carbonyl (C=O) groups excluding carboxylic acids is 1. The lowest BCUT2D eigenvalue weighted by atomic mass is 9.93. The Morgan fingerprint density at radius 3 is 2.58 bits per heavy atom. The molecule has 1 aliphatic heterocycles. The van der Waals surface area contributed by atoms with Crippen LogP contribution in [-0.4, -0.2) is 34.0 Å². The minimum atomic E-state index is 0.0478. The van der Waals surface area contributed by atoms with Crippen molar-refractivity contribution in [3.05, 3.63) is 70.6 Å². The average molecular weight is 447 g/mol. The van der Waals surface area contributed by atoms with Gasteiger partial charge in [0.15, 0.2) is 0 Å². The van der Waals surface area contributed by atoms with Crippen molar-refractivity contribution in [2.24, 2.45) is 5.92 Å². The molecule has 6 heteroatoms. The van der Waals surface area contributed by atoms with Crippen LogP contribution in [0.1, 0.15) is 60.4 Å². The van der Waals surface area contributed by atoms with Crippen molar-refractivity contribution in [2.75, 3.05) is 13.1 Å². The first-order valence-corrected chi connectivity index (χ1v) is 11.9. The average Bonchev–Trinajstić information content (AvgIpc) is 3.27. The van der Waals surface area contributed by atoms with Crippen LogP contribution in [0.3, 0.4) is 0 Å². The third-order valence-electron chi connectivity index (χ3n) is 6.59. The molecule has 2 heterocycles. The molecule has 1 amide bonds. The number of piperidine rings is 1. The molecule has 3 aromatic rings. The molecule has 0 spiro atoms. The molecule has 0 saturated carbocycles. The lowest BCUT2D eigenvalue weighted by molar-refractivity contribution is -0.127. The van der Waals surface area contributed by atoms with Crippen molar-refractivity contribution in [2.45, 2.75) is 59.5 Å². The maximum absolute atomic E-state index is 13.0. The van der Waals surface area contributed by atoms with Gasteiger partial charge in [0.2, 0.25) is 17.6 Å². The smallest absolute Gasteiger partial charge is 0.241 e. The van der Waals surface area contributed by atoms with Gasteiger partial charge in [0.25, 0.3) is 0 Å². The first-order chi connectivity index (χ1) is 15.9. The predicted molar refractivity (Wildman–Crippen MR) is 130 cm³/mol. The van der Waals surface area contributed by atoms with Gasteiger partial charge in [-0.3, -0.25) is 9.69 Å². The molecule has 174 valence electrons. The highest BCUT2D eigenvalue weighted by Gasteiger charge is 2.27. The summed E-state index contributed by atoms with van der Waals surface area (Å²) in [7, 11) is 0. The zero-order valence-electron chi connectivity index (χ0n) is 20.1. The second-order valence-electron chi connectivity index (χ2n) is 9.26. The van der Waals surface area contributed by atoms with Gasteiger partial charge in [0.1, 0.15) is 0 Å². The number of nitrogens with zero attached hydrogens (tertiary/aromatic N) is 3. The second kappa shape index (κ2) is 10.3. The maximum atomic E-state index is 13.0. The Balaban J connectivity index is 1.30. The van der Waals surface area contributed by atoms with Crippen LogP contribution in [0, 0.1) is 26.7 Å². The third-order valence-corrected chi connectivity index (χ3v) is 6.59. The summed E-state index contributed by atoms with van der Waals surface area (Å²) in [6, 6.07) is 14.6. The zero-order chi connectivity index (χ0) is 23.4. The summed E-state index contributed by atoms with van der Waals surface area (Å²) in [5, 5.41) is 7.45. The van der Waals surface area contributed by atoms with Crippen LogP contribution in [-0.2, 0) is 11.3 Å². The molecule has 2 aromatic carbocycles. The van der Waals surface area contributed by atoms with Crippen LogP contribution in [0.15, 0.2) is 47.0 Å². The lowest BCUT2D eigenvalue weighted by Gasteiger charge is -2.31. The van der Waals surface area contributed by atoms with E-state index in [0.29, 0.717) is 18.3 Å².